The maximum absolute atomic E-state index is 5.90. The summed E-state index contributed by atoms with van der Waals surface area (Å²) in [6.07, 6.45) is 4.02. The zero-order chi connectivity index (χ0) is 19.9. The minimum Gasteiger partial charge on any atom is -0.487 e. The van der Waals surface area contributed by atoms with Crippen LogP contribution in [0.4, 0.5) is 0 Å². The number of oxazole rings is 1. The number of nitrogens with zero attached hydrogens (tertiary/aromatic N) is 4. The smallest absolute Gasteiger partial charge is 0.226 e. The molecule has 0 bridgehead atoms. The molecule has 0 radical (unpaired) electrons. The lowest BCUT2D eigenvalue weighted by molar-refractivity contribution is 0.299. The van der Waals surface area contributed by atoms with Gasteiger partial charge in [-0.3, -0.25) is 0 Å². The number of ether oxygens (including phenoxy) is 1. The van der Waals surface area contributed by atoms with E-state index in [2.05, 4.69) is 37.7 Å². The monoisotopic (exact) mass is 389 g/mol. The topological polar surface area (TPSA) is 89.7 Å². The summed E-state index contributed by atoms with van der Waals surface area (Å²) >= 11 is 0. The number of aryl methyl sites for hydroxylation is 3. The van der Waals surface area contributed by atoms with E-state index in [1.165, 1.54) is 5.56 Å². The number of unbranched alkanes of at least 4 members (excludes halogenated alkanes) is 1. The molecule has 2 aromatic carbocycles. The second-order valence-corrected chi connectivity index (χ2v) is 6.88. The molecular formula is C22H23N5O2. The van der Waals surface area contributed by atoms with Crippen LogP contribution in [0.15, 0.2) is 59.0 Å². The third-order valence-electron chi connectivity index (χ3n) is 4.73. The molecule has 4 aromatic rings. The molecule has 0 aliphatic heterocycles. The molecule has 0 saturated carbocycles. The van der Waals surface area contributed by atoms with Crippen LogP contribution in [0.1, 0.15) is 35.7 Å². The van der Waals surface area contributed by atoms with Crippen LogP contribution in [0.5, 0.6) is 5.75 Å². The molecule has 7 nitrogen and oxygen atoms in total. The summed E-state index contributed by atoms with van der Waals surface area (Å²) in [5.74, 6) is 3.07. The summed E-state index contributed by atoms with van der Waals surface area (Å²) in [5.41, 5.74) is 3.07. The van der Waals surface area contributed by atoms with E-state index in [-0.39, 0.29) is 0 Å². The standard InChI is InChI=1S/C22H23N5O2/c1-16-20(23-22(29-16)18-8-3-2-4-9-18)15-28-19-13-11-17(12-14-19)7-5-6-10-21-24-26-27-25-21/h2-4,8-9,11-14H,5-7,10,15H2,1H3,(H,24,25,26,27). The predicted molar refractivity (Wildman–Crippen MR) is 108 cm³/mol. The van der Waals surface area contributed by atoms with Crippen LogP contribution in [-0.2, 0) is 19.4 Å². The average Bonchev–Trinajstić information content (AvgIpc) is 3.41. The summed E-state index contributed by atoms with van der Waals surface area (Å²) in [5, 5.41) is 13.9. The van der Waals surface area contributed by atoms with Crippen molar-refractivity contribution in [2.24, 2.45) is 0 Å². The van der Waals surface area contributed by atoms with Crippen LogP contribution in [-0.4, -0.2) is 25.6 Å². The molecule has 2 heterocycles. The fraction of sp³-hybridized carbons (Fsp3) is 0.273. The maximum atomic E-state index is 5.90. The Morgan fingerprint density at radius 1 is 0.966 bits per heavy atom. The van der Waals surface area contributed by atoms with E-state index in [0.717, 1.165) is 54.3 Å². The molecule has 0 fully saturated rings. The van der Waals surface area contributed by atoms with Crippen molar-refractivity contribution in [3.8, 4) is 17.2 Å². The Morgan fingerprint density at radius 2 is 1.76 bits per heavy atom. The predicted octanol–water partition coefficient (Wildman–Crippen LogP) is 4.31. The summed E-state index contributed by atoms with van der Waals surface area (Å²) in [4.78, 5) is 4.58. The molecule has 29 heavy (non-hydrogen) atoms. The van der Waals surface area contributed by atoms with Gasteiger partial charge in [0.2, 0.25) is 5.89 Å². The third kappa shape index (κ3) is 5.07. The minimum atomic E-state index is 0.382. The lowest BCUT2D eigenvalue weighted by Crippen LogP contribution is -1.98. The molecule has 0 aliphatic rings. The molecule has 0 atom stereocenters. The first kappa shape index (κ1) is 18.9. The molecule has 0 saturated heterocycles. The highest BCUT2D eigenvalue weighted by Crippen LogP contribution is 2.23. The van der Waals surface area contributed by atoms with E-state index in [1.807, 2.05) is 49.4 Å². The molecule has 148 valence electrons. The highest BCUT2D eigenvalue weighted by atomic mass is 16.5. The van der Waals surface area contributed by atoms with Crippen LogP contribution in [0.2, 0.25) is 0 Å². The van der Waals surface area contributed by atoms with Gasteiger partial charge in [-0.05, 0) is 66.4 Å². The van der Waals surface area contributed by atoms with E-state index in [0.29, 0.717) is 12.5 Å². The second kappa shape index (κ2) is 9.14. The van der Waals surface area contributed by atoms with Gasteiger partial charge in [0, 0.05) is 12.0 Å². The largest absolute Gasteiger partial charge is 0.487 e. The van der Waals surface area contributed by atoms with Gasteiger partial charge in [0.05, 0.1) is 0 Å². The van der Waals surface area contributed by atoms with Gasteiger partial charge in [-0.25, -0.2) is 10.1 Å². The molecule has 1 N–H and O–H groups in total. The van der Waals surface area contributed by atoms with Crippen LogP contribution < -0.4 is 4.74 Å². The lowest BCUT2D eigenvalue weighted by atomic mass is 10.1. The first-order valence-corrected chi connectivity index (χ1v) is 9.74. The Bertz CT molecular complexity index is 1010. The molecule has 0 aliphatic carbocycles. The van der Waals surface area contributed by atoms with Crippen molar-refractivity contribution >= 4 is 0 Å². The number of hydrogen-bond acceptors (Lipinski definition) is 6. The average molecular weight is 389 g/mol. The van der Waals surface area contributed by atoms with Crippen molar-refractivity contribution in [3.05, 3.63) is 77.4 Å². The Kier molecular flexibility index (Phi) is 5.95. The highest BCUT2D eigenvalue weighted by Gasteiger charge is 2.11. The lowest BCUT2D eigenvalue weighted by Gasteiger charge is -2.06. The van der Waals surface area contributed by atoms with Crippen molar-refractivity contribution < 1.29 is 9.15 Å². The van der Waals surface area contributed by atoms with E-state index >= 15 is 0 Å². The van der Waals surface area contributed by atoms with Gasteiger partial charge in [-0.2, -0.15) is 0 Å². The normalized spacial score (nSPS) is 10.9. The fourth-order valence-electron chi connectivity index (χ4n) is 3.08. The van der Waals surface area contributed by atoms with Crippen LogP contribution in [0, 0.1) is 6.92 Å². The number of rotatable bonds is 9. The second-order valence-electron chi connectivity index (χ2n) is 6.88. The van der Waals surface area contributed by atoms with Gasteiger partial charge >= 0.3 is 0 Å². The van der Waals surface area contributed by atoms with Gasteiger partial charge in [0.25, 0.3) is 0 Å². The Hall–Kier alpha value is -3.48. The van der Waals surface area contributed by atoms with Gasteiger partial charge < -0.3 is 9.15 Å². The number of hydrogen-bond donors (Lipinski definition) is 1. The molecule has 7 heteroatoms. The summed E-state index contributed by atoms with van der Waals surface area (Å²) < 4.78 is 11.7. The summed E-state index contributed by atoms with van der Waals surface area (Å²) in [6.45, 7) is 2.29. The van der Waals surface area contributed by atoms with Crippen LogP contribution >= 0.6 is 0 Å². The number of benzene rings is 2. The van der Waals surface area contributed by atoms with Gasteiger partial charge in [0.1, 0.15) is 29.6 Å². The third-order valence-corrected chi connectivity index (χ3v) is 4.73. The molecular weight excluding hydrogens is 366 g/mol. The first-order valence-electron chi connectivity index (χ1n) is 9.74. The van der Waals surface area contributed by atoms with E-state index in [1.54, 1.807) is 0 Å². The summed E-state index contributed by atoms with van der Waals surface area (Å²) in [7, 11) is 0. The zero-order valence-electron chi connectivity index (χ0n) is 16.3. The van der Waals surface area contributed by atoms with Crippen molar-refractivity contribution in [1.82, 2.24) is 25.6 Å². The Labute approximate surface area is 169 Å². The quantitative estimate of drug-likeness (QED) is 0.429. The van der Waals surface area contributed by atoms with E-state index in [9.17, 15) is 0 Å². The Morgan fingerprint density at radius 3 is 2.52 bits per heavy atom. The number of H-pyrrole nitrogens is 1. The minimum absolute atomic E-state index is 0.382. The van der Waals surface area contributed by atoms with Crippen LogP contribution in [0.3, 0.4) is 0 Å². The van der Waals surface area contributed by atoms with Gasteiger partial charge in [0.15, 0.2) is 0 Å². The number of aromatic nitrogens is 5. The number of nitrogens with one attached hydrogen (secondary N) is 1. The number of tetrazole rings is 1. The first-order chi connectivity index (χ1) is 14.3. The van der Waals surface area contributed by atoms with Gasteiger partial charge in [-0.1, -0.05) is 30.3 Å². The maximum Gasteiger partial charge on any atom is 0.226 e. The van der Waals surface area contributed by atoms with Gasteiger partial charge in [-0.15, -0.1) is 5.10 Å². The van der Waals surface area contributed by atoms with Crippen LogP contribution in [0.25, 0.3) is 11.5 Å². The Balaban J connectivity index is 1.26. The fourth-order valence-corrected chi connectivity index (χ4v) is 3.08. The highest BCUT2D eigenvalue weighted by molar-refractivity contribution is 5.53. The number of aromatic amines is 1. The van der Waals surface area contributed by atoms with Crippen molar-refractivity contribution in [3.63, 3.8) is 0 Å². The van der Waals surface area contributed by atoms with E-state index < -0.39 is 0 Å². The zero-order valence-corrected chi connectivity index (χ0v) is 16.3. The molecule has 0 unspecified atom stereocenters. The van der Waals surface area contributed by atoms with Crippen molar-refractivity contribution in [1.29, 1.82) is 0 Å². The summed E-state index contributed by atoms with van der Waals surface area (Å²) in [6, 6.07) is 18.1. The van der Waals surface area contributed by atoms with Crippen molar-refractivity contribution in [2.45, 2.75) is 39.2 Å². The van der Waals surface area contributed by atoms with E-state index in [4.69, 9.17) is 9.15 Å². The molecule has 0 amide bonds. The molecule has 0 spiro atoms. The molecule has 2 aromatic heterocycles. The molecule has 4 rings (SSSR count). The SMILES string of the molecule is Cc1oc(-c2ccccc2)nc1COc1ccc(CCCCc2nnn[nH]2)cc1. The van der Waals surface area contributed by atoms with Crippen molar-refractivity contribution in [2.75, 3.05) is 0 Å².